The fourth-order valence-corrected chi connectivity index (χ4v) is 2.60. The number of rotatable bonds is 1. The third-order valence-electron chi connectivity index (χ3n) is 2.99. The van der Waals surface area contributed by atoms with Crippen LogP contribution in [0, 0.1) is 10.8 Å². The molecule has 1 heterocycles. The van der Waals surface area contributed by atoms with Gasteiger partial charge in [0.1, 0.15) is 0 Å². The molecule has 1 saturated carbocycles. The first kappa shape index (κ1) is 6.62. The highest BCUT2D eigenvalue weighted by molar-refractivity contribution is 5.07. The van der Waals surface area contributed by atoms with Crippen LogP contribution in [0.3, 0.4) is 0 Å². The van der Waals surface area contributed by atoms with E-state index in [1.807, 2.05) is 0 Å². The summed E-state index contributed by atoms with van der Waals surface area (Å²) in [5.74, 6) is 0. The van der Waals surface area contributed by atoms with Crippen molar-refractivity contribution in [1.82, 2.24) is 5.32 Å². The first-order valence-electron chi connectivity index (χ1n) is 4.00. The van der Waals surface area contributed by atoms with E-state index in [1.54, 1.807) is 0 Å². The van der Waals surface area contributed by atoms with Crippen molar-refractivity contribution in [1.29, 1.82) is 0 Å². The van der Waals surface area contributed by atoms with Crippen LogP contribution in [0.5, 0.6) is 0 Å². The van der Waals surface area contributed by atoms with E-state index in [2.05, 4.69) is 12.2 Å². The van der Waals surface area contributed by atoms with Gasteiger partial charge in [-0.2, -0.15) is 0 Å². The maximum absolute atomic E-state index is 8.98. The van der Waals surface area contributed by atoms with Gasteiger partial charge in [-0.25, -0.2) is 0 Å². The van der Waals surface area contributed by atoms with Gasteiger partial charge < -0.3 is 10.4 Å². The molecule has 1 saturated heterocycles. The minimum atomic E-state index is 0.266. The van der Waals surface area contributed by atoms with Crippen LogP contribution in [0.25, 0.3) is 0 Å². The van der Waals surface area contributed by atoms with Gasteiger partial charge in [-0.15, -0.1) is 0 Å². The number of hydrogen-bond acceptors (Lipinski definition) is 2. The Morgan fingerprint density at radius 3 is 2.30 bits per heavy atom. The van der Waals surface area contributed by atoms with Gasteiger partial charge in [-0.05, 0) is 23.7 Å². The minimum Gasteiger partial charge on any atom is -0.396 e. The molecular weight excluding hydrogens is 126 g/mol. The highest BCUT2D eigenvalue weighted by Crippen LogP contribution is 2.55. The summed E-state index contributed by atoms with van der Waals surface area (Å²) in [6.07, 6.45) is 2.45. The number of nitrogens with one attached hydrogen (secondary N) is 1. The van der Waals surface area contributed by atoms with E-state index in [9.17, 15) is 0 Å². The zero-order chi connectivity index (χ0) is 7.24. The Bertz CT molecular complexity index is 136. The van der Waals surface area contributed by atoms with E-state index in [4.69, 9.17) is 5.11 Å². The summed E-state index contributed by atoms with van der Waals surface area (Å²) in [5, 5.41) is 12.3. The molecule has 10 heavy (non-hydrogen) atoms. The normalized spacial score (nSPS) is 33.0. The molecule has 0 aromatic rings. The van der Waals surface area contributed by atoms with E-state index in [-0.39, 0.29) is 5.41 Å². The number of aliphatic hydroxyl groups excluding tert-OH is 1. The number of aliphatic hydroxyl groups is 1. The topological polar surface area (TPSA) is 32.3 Å². The van der Waals surface area contributed by atoms with E-state index in [1.165, 1.54) is 25.9 Å². The Morgan fingerprint density at radius 2 is 2.00 bits per heavy atom. The van der Waals surface area contributed by atoms with E-state index >= 15 is 0 Å². The molecule has 1 spiro atoms. The largest absolute Gasteiger partial charge is 0.396 e. The Balaban J connectivity index is 1.92. The summed E-state index contributed by atoms with van der Waals surface area (Å²) in [7, 11) is 0. The molecule has 2 rings (SSSR count). The van der Waals surface area contributed by atoms with Crippen molar-refractivity contribution in [3.05, 3.63) is 0 Å². The van der Waals surface area contributed by atoms with Crippen LogP contribution in [0.2, 0.25) is 0 Å². The van der Waals surface area contributed by atoms with Gasteiger partial charge in [0.2, 0.25) is 0 Å². The molecule has 2 nitrogen and oxygen atoms in total. The van der Waals surface area contributed by atoms with Crippen LogP contribution in [0.15, 0.2) is 0 Å². The van der Waals surface area contributed by atoms with Gasteiger partial charge in [-0.1, -0.05) is 6.92 Å². The van der Waals surface area contributed by atoms with Gasteiger partial charge in [0, 0.05) is 19.7 Å². The Kier molecular flexibility index (Phi) is 1.15. The van der Waals surface area contributed by atoms with Gasteiger partial charge in [0.15, 0.2) is 0 Å². The molecule has 0 unspecified atom stereocenters. The van der Waals surface area contributed by atoms with E-state index in [0.717, 1.165) is 0 Å². The quantitative estimate of drug-likeness (QED) is 0.553. The van der Waals surface area contributed by atoms with Crippen molar-refractivity contribution in [2.24, 2.45) is 10.8 Å². The van der Waals surface area contributed by atoms with Gasteiger partial charge in [0.05, 0.1) is 0 Å². The molecule has 0 aromatic carbocycles. The first-order valence-corrected chi connectivity index (χ1v) is 4.00. The van der Waals surface area contributed by atoms with Gasteiger partial charge in [0.25, 0.3) is 0 Å². The second kappa shape index (κ2) is 1.74. The van der Waals surface area contributed by atoms with Crippen molar-refractivity contribution in [3.8, 4) is 0 Å². The first-order chi connectivity index (χ1) is 4.68. The summed E-state index contributed by atoms with van der Waals surface area (Å²) in [6, 6.07) is 0. The molecule has 58 valence electrons. The lowest BCUT2D eigenvalue weighted by molar-refractivity contribution is -0.0924. The molecule has 0 atom stereocenters. The molecule has 1 aliphatic carbocycles. The third kappa shape index (κ3) is 0.722. The lowest BCUT2D eigenvalue weighted by Gasteiger charge is -2.59. The Morgan fingerprint density at radius 1 is 1.40 bits per heavy atom. The predicted molar refractivity (Wildman–Crippen MR) is 39.7 cm³/mol. The highest BCUT2D eigenvalue weighted by atomic mass is 16.3. The van der Waals surface area contributed by atoms with Gasteiger partial charge >= 0.3 is 0 Å². The maximum atomic E-state index is 8.98. The average molecular weight is 141 g/mol. The molecule has 2 N–H and O–H groups in total. The van der Waals surface area contributed by atoms with Crippen LogP contribution >= 0.6 is 0 Å². The van der Waals surface area contributed by atoms with Crippen molar-refractivity contribution in [2.45, 2.75) is 19.8 Å². The Hall–Kier alpha value is -0.0800. The zero-order valence-corrected chi connectivity index (χ0v) is 6.48. The standard InChI is InChI=1S/C8H15NO/c1-7(6-10)2-8(3-7)4-9-5-8/h9-10H,2-6H2,1H3. The lowest BCUT2D eigenvalue weighted by atomic mass is 9.51. The molecule has 2 fully saturated rings. The molecular formula is C8H15NO. The summed E-state index contributed by atoms with van der Waals surface area (Å²) in [4.78, 5) is 0. The van der Waals surface area contributed by atoms with Gasteiger partial charge in [-0.3, -0.25) is 0 Å². The van der Waals surface area contributed by atoms with Crippen molar-refractivity contribution in [2.75, 3.05) is 19.7 Å². The van der Waals surface area contributed by atoms with Crippen LogP contribution in [-0.2, 0) is 0 Å². The van der Waals surface area contributed by atoms with Crippen molar-refractivity contribution < 1.29 is 5.11 Å². The molecule has 0 amide bonds. The van der Waals surface area contributed by atoms with Crippen LogP contribution < -0.4 is 5.32 Å². The van der Waals surface area contributed by atoms with Crippen LogP contribution in [0.4, 0.5) is 0 Å². The lowest BCUT2D eigenvalue weighted by Crippen LogP contribution is -2.64. The van der Waals surface area contributed by atoms with Crippen molar-refractivity contribution >= 4 is 0 Å². The monoisotopic (exact) mass is 141 g/mol. The molecule has 2 heteroatoms. The minimum absolute atomic E-state index is 0.266. The second-order valence-electron chi connectivity index (χ2n) is 4.43. The van der Waals surface area contributed by atoms with E-state index < -0.39 is 0 Å². The summed E-state index contributed by atoms with van der Waals surface area (Å²) in [6.45, 7) is 4.91. The smallest absolute Gasteiger partial charge is 0.0485 e. The zero-order valence-electron chi connectivity index (χ0n) is 6.48. The second-order valence-corrected chi connectivity index (χ2v) is 4.43. The summed E-state index contributed by atoms with van der Waals surface area (Å²) >= 11 is 0. The Labute approximate surface area is 61.6 Å². The third-order valence-corrected chi connectivity index (χ3v) is 2.99. The highest BCUT2D eigenvalue weighted by Gasteiger charge is 2.54. The molecule has 0 bridgehead atoms. The average Bonchev–Trinajstić information content (AvgIpc) is 1.77. The fourth-order valence-electron chi connectivity index (χ4n) is 2.60. The van der Waals surface area contributed by atoms with Crippen LogP contribution in [0.1, 0.15) is 19.8 Å². The summed E-state index contributed by atoms with van der Waals surface area (Å²) in [5.41, 5.74) is 0.875. The molecule has 0 radical (unpaired) electrons. The summed E-state index contributed by atoms with van der Waals surface area (Å²) < 4.78 is 0. The van der Waals surface area contributed by atoms with Crippen LogP contribution in [-0.4, -0.2) is 24.8 Å². The molecule has 0 aromatic heterocycles. The van der Waals surface area contributed by atoms with Crippen molar-refractivity contribution in [3.63, 3.8) is 0 Å². The number of hydrogen-bond donors (Lipinski definition) is 2. The maximum Gasteiger partial charge on any atom is 0.0485 e. The SMILES string of the molecule is CC1(CO)CC2(CNC2)C1. The molecule has 2 aliphatic rings. The molecule has 1 aliphatic heterocycles. The fraction of sp³-hybridized carbons (Fsp3) is 1.00. The van der Waals surface area contributed by atoms with E-state index in [0.29, 0.717) is 12.0 Å². The predicted octanol–water partition coefficient (Wildman–Crippen LogP) is 0.368.